The van der Waals surface area contributed by atoms with Crippen LogP contribution in [0.5, 0.6) is 0 Å². The molecule has 1 aromatic heterocycles. The van der Waals surface area contributed by atoms with Crippen LogP contribution in [0, 0.1) is 0 Å². The number of hydrogen-bond donors (Lipinski definition) is 1. The number of aromatic nitrogens is 1. The van der Waals surface area contributed by atoms with Crippen molar-refractivity contribution >= 4 is 45.2 Å². The van der Waals surface area contributed by atoms with Gasteiger partial charge in [0.2, 0.25) is 11.8 Å². The Kier molecular flexibility index (Phi) is 3.35. The maximum absolute atomic E-state index is 11.5. The molecule has 5 nitrogen and oxygen atoms in total. The van der Waals surface area contributed by atoms with E-state index in [0.717, 1.165) is 4.47 Å². The van der Waals surface area contributed by atoms with Crippen molar-refractivity contribution in [2.75, 3.05) is 11.4 Å². The normalized spacial score (nSPS) is 20.4. The summed E-state index contributed by atoms with van der Waals surface area (Å²) in [6, 6.07) is 1.20. The number of halogens is 2. The smallest absolute Gasteiger partial charge is 0.249 e. The fourth-order valence-electron chi connectivity index (χ4n) is 1.59. The molecule has 1 aliphatic rings. The fourth-order valence-corrected chi connectivity index (χ4v) is 2.33. The van der Waals surface area contributed by atoms with E-state index in [4.69, 9.17) is 11.6 Å². The minimum atomic E-state index is -0.473. The number of amides is 2. The van der Waals surface area contributed by atoms with Gasteiger partial charge < -0.3 is 4.90 Å². The quantitative estimate of drug-likeness (QED) is 0.794. The third kappa shape index (κ3) is 2.42. The molecule has 1 N–H and O–H groups in total. The highest BCUT2D eigenvalue weighted by atomic mass is 79.9. The van der Waals surface area contributed by atoms with Gasteiger partial charge in [0.1, 0.15) is 11.9 Å². The Labute approximate surface area is 111 Å². The number of hydrogen-bond acceptors (Lipinski definition) is 4. The largest absolute Gasteiger partial charge is 0.334 e. The predicted molar refractivity (Wildman–Crippen MR) is 66.9 cm³/mol. The molecular weight excluding hydrogens is 309 g/mol. The van der Waals surface area contributed by atoms with Gasteiger partial charge in [0, 0.05) is 10.7 Å². The SMILES string of the molecule is CC1C(=O)NC(=O)CN1c1ncc(Br)cc1Cl. The number of anilines is 1. The van der Waals surface area contributed by atoms with Gasteiger partial charge in [-0.3, -0.25) is 14.9 Å². The average molecular weight is 319 g/mol. The zero-order chi connectivity index (χ0) is 12.6. The molecule has 90 valence electrons. The Balaban J connectivity index is 2.37. The van der Waals surface area contributed by atoms with Gasteiger partial charge >= 0.3 is 0 Å². The van der Waals surface area contributed by atoms with Gasteiger partial charge in [-0.25, -0.2) is 4.98 Å². The van der Waals surface area contributed by atoms with Crippen LogP contribution in [0.4, 0.5) is 5.82 Å². The number of rotatable bonds is 1. The van der Waals surface area contributed by atoms with Crippen molar-refractivity contribution in [1.29, 1.82) is 0 Å². The van der Waals surface area contributed by atoms with E-state index in [2.05, 4.69) is 26.2 Å². The molecule has 2 amide bonds. The zero-order valence-corrected chi connectivity index (χ0v) is 11.2. The van der Waals surface area contributed by atoms with Gasteiger partial charge in [0.15, 0.2) is 0 Å². The van der Waals surface area contributed by atoms with Crippen molar-refractivity contribution in [2.45, 2.75) is 13.0 Å². The minimum absolute atomic E-state index is 0.0707. The molecule has 0 aliphatic carbocycles. The van der Waals surface area contributed by atoms with E-state index in [1.54, 1.807) is 24.1 Å². The fraction of sp³-hybridized carbons (Fsp3) is 0.300. The average Bonchev–Trinajstić information content (AvgIpc) is 2.24. The minimum Gasteiger partial charge on any atom is -0.334 e. The first-order chi connectivity index (χ1) is 7.99. The van der Waals surface area contributed by atoms with E-state index in [1.807, 2.05) is 0 Å². The monoisotopic (exact) mass is 317 g/mol. The van der Waals surface area contributed by atoms with E-state index in [-0.39, 0.29) is 18.4 Å². The highest BCUT2D eigenvalue weighted by molar-refractivity contribution is 9.10. The molecule has 2 rings (SSSR count). The van der Waals surface area contributed by atoms with Crippen LogP contribution < -0.4 is 10.2 Å². The lowest BCUT2D eigenvalue weighted by Gasteiger charge is -2.32. The van der Waals surface area contributed by atoms with E-state index in [0.29, 0.717) is 10.8 Å². The van der Waals surface area contributed by atoms with Crippen LogP contribution in [-0.4, -0.2) is 29.4 Å². The van der Waals surface area contributed by atoms with Crippen LogP contribution in [0.25, 0.3) is 0 Å². The summed E-state index contributed by atoms with van der Waals surface area (Å²) in [6.45, 7) is 1.77. The highest BCUT2D eigenvalue weighted by Crippen LogP contribution is 2.28. The molecule has 1 fully saturated rings. The zero-order valence-electron chi connectivity index (χ0n) is 8.91. The molecule has 1 saturated heterocycles. The number of carbonyl (C=O) groups is 2. The van der Waals surface area contributed by atoms with E-state index < -0.39 is 6.04 Å². The second-order valence-corrected chi connectivity index (χ2v) is 5.00. The Morgan fingerprint density at radius 3 is 2.94 bits per heavy atom. The number of nitrogens with zero attached hydrogens (tertiary/aromatic N) is 2. The third-order valence-electron chi connectivity index (χ3n) is 2.48. The van der Waals surface area contributed by atoms with Crippen LogP contribution in [-0.2, 0) is 9.59 Å². The first-order valence-electron chi connectivity index (χ1n) is 4.90. The molecule has 2 heterocycles. The lowest BCUT2D eigenvalue weighted by molar-refractivity contribution is -0.132. The number of carbonyl (C=O) groups excluding carboxylic acids is 2. The second-order valence-electron chi connectivity index (χ2n) is 3.68. The number of nitrogens with one attached hydrogen (secondary N) is 1. The predicted octanol–water partition coefficient (Wildman–Crippen LogP) is 1.35. The van der Waals surface area contributed by atoms with Crippen molar-refractivity contribution in [3.05, 3.63) is 21.8 Å². The summed E-state index contributed by atoms with van der Waals surface area (Å²) in [7, 11) is 0. The molecule has 1 aliphatic heterocycles. The van der Waals surface area contributed by atoms with Gasteiger partial charge in [0.25, 0.3) is 0 Å². The first kappa shape index (κ1) is 12.3. The lowest BCUT2D eigenvalue weighted by atomic mass is 10.2. The summed E-state index contributed by atoms with van der Waals surface area (Å²) >= 11 is 9.29. The molecule has 1 atom stereocenters. The molecule has 0 spiro atoms. The highest BCUT2D eigenvalue weighted by Gasteiger charge is 2.32. The molecule has 1 unspecified atom stereocenters. The molecule has 1 aromatic rings. The first-order valence-corrected chi connectivity index (χ1v) is 6.07. The topological polar surface area (TPSA) is 62.3 Å². The van der Waals surface area contributed by atoms with Crippen molar-refractivity contribution in [2.24, 2.45) is 0 Å². The Morgan fingerprint density at radius 2 is 2.29 bits per heavy atom. The third-order valence-corrected chi connectivity index (χ3v) is 3.20. The molecule has 0 bridgehead atoms. The Hall–Kier alpha value is -1.14. The molecule has 0 aromatic carbocycles. The molecule has 17 heavy (non-hydrogen) atoms. The number of pyridine rings is 1. The van der Waals surface area contributed by atoms with Crippen LogP contribution in [0.2, 0.25) is 5.02 Å². The van der Waals surface area contributed by atoms with Gasteiger partial charge in [-0.1, -0.05) is 11.6 Å². The van der Waals surface area contributed by atoms with Crippen LogP contribution >= 0.6 is 27.5 Å². The number of piperazine rings is 1. The van der Waals surface area contributed by atoms with Gasteiger partial charge in [-0.05, 0) is 28.9 Å². The summed E-state index contributed by atoms with van der Waals surface area (Å²) < 4.78 is 0.742. The molecule has 7 heteroatoms. The maximum atomic E-state index is 11.5. The Morgan fingerprint density at radius 1 is 1.59 bits per heavy atom. The summed E-state index contributed by atoms with van der Waals surface area (Å²) in [5, 5.41) is 2.66. The van der Waals surface area contributed by atoms with Crippen LogP contribution in [0.15, 0.2) is 16.7 Å². The van der Waals surface area contributed by atoms with Crippen LogP contribution in [0.1, 0.15) is 6.92 Å². The standard InChI is InChI=1S/C10H9BrClN3O2/c1-5-10(17)14-8(16)4-15(5)9-7(12)2-6(11)3-13-9/h2-3,5H,4H2,1H3,(H,14,16,17). The molecule has 0 radical (unpaired) electrons. The Bertz CT molecular complexity index is 494. The van der Waals surface area contributed by atoms with Gasteiger partial charge in [0.05, 0.1) is 11.6 Å². The van der Waals surface area contributed by atoms with Crippen molar-refractivity contribution in [3.63, 3.8) is 0 Å². The van der Waals surface area contributed by atoms with Gasteiger partial charge in [-0.2, -0.15) is 0 Å². The van der Waals surface area contributed by atoms with E-state index >= 15 is 0 Å². The summed E-state index contributed by atoms with van der Waals surface area (Å²) in [5.74, 6) is -0.263. The second kappa shape index (κ2) is 4.62. The summed E-state index contributed by atoms with van der Waals surface area (Å²) in [6.07, 6.45) is 1.57. The summed E-state index contributed by atoms with van der Waals surface area (Å²) in [5.41, 5.74) is 0. The number of imide groups is 1. The molecule has 0 saturated carbocycles. The van der Waals surface area contributed by atoms with Crippen molar-refractivity contribution in [1.82, 2.24) is 10.3 Å². The van der Waals surface area contributed by atoms with Crippen molar-refractivity contribution < 1.29 is 9.59 Å². The van der Waals surface area contributed by atoms with E-state index in [9.17, 15) is 9.59 Å². The van der Waals surface area contributed by atoms with Crippen LogP contribution in [0.3, 0.4) is 0 Å². The van der Waals surface area contributed by atoms with Crippen molar-refractivity contribution in [3.8, 4) is 0 Å². The van der Waals surface area contributed by atoms with Gasteiger partial charge in [-0.15, -0.1) is 0 Å². The lowest BCUT2D eigenvalue weighted by Crippen LogP contribution is -2.57. The molecular formula is C10H9BrClN3O2. The van der Waals surface area contributed by atoms with E-state index in [1.165, 1.54) is 0 Å². The summed E-state index contributed by atoms with van der Waals surface area (Å²) in [4.78, 5) is 28.6. The maximum Gasteiger partial charge on any atom is 0.249 e.